The van der Waals surface area contributed by atoms with Crippen molar-refractivity contribution in [2.45, 2.75) is 38.3 Å². The number of nitrogens with one attached hydrogen (secondary N) is 1. The molecule has 0 spiro atoms. The maximum absolute atomic E-state index is 14.4. The molecule has 7 heteroatoms. The lowest BCUT2D eigenvalue weighted by Crippen LogP contribution is -2.36. The van der Waals surface area contributed by atoms with Crippen LogP contribution in [0.15, 0.2) is 36.5 Å². The van der Waals surface area contributed by atoms with E-state index in [1.54, 1.807) is 23.2 Å². The second-order valence-electron chi connectivity index (χ2n) is 7.48. The molecule has 152 valence electrons. The minimum atomic E-state index is -0.329. The van der Waals surface area contributed by atoms with Crippen molar-refractivity contribution >= 4 is 17.3 Å². The number of pyridine rings is 1. The number of anilines is 1. The van der Waals surface area contributed by atoms with Crippen LogP contribution >= 0.6 is 0 Å². The standard InChI is InChI=1S/C22H24FN3O3/c1-13-8-18(25-20(9-13)26-15(12-27)6-7-21(26)28)17-10-14(11-24-17)22-16(23)4-3-5-19(22)29-2/h3-5,8-9,11,15,17,24,27H,6-7,10,12H2,1-2H3. The SMILES string of the molecule is COc1cccc(F)c1C1=CNC(c2cc(C)cc(N3C(=O)CCC3CO)n2)C1. The van der Waals surface area contributed by atoms with Crippen LogP contribution in [0, 0.1) is 12.7 Å². The Hall–Kier alpha value is -2.93. The average Bonchev–Trinajstić information content (AvgIpc) is 3.33. The third kappa shape index (κ3) is 3.58. The molecule has 0 bridgehead atoms. The minimum absolute atomic E-state index is 0.0256. The Kier molecular flexibility index (Phi) is 5.24. The third-order valence-electron chi connectivity index (χ3n) is 5.52. The summed E-state index contributed by atoms with van der Waals surface area (Å²) in [6.45, 7) is 1.86. The van der Waals surface area contributed by atoms with E-state index in [9.17, 15) is 14.3 Å². The van der Waals surface area contributed by atoms with Gasteiger partial charge in [-0.25, -0.2) is 9.37 Å². The summed E-state index contributed by atoms with van der Waals surface area (Å²) in [4.78, 5) is 18.6. The van der Waals surface area contributed by atoms with E-state index in [-0.39, 0.29) is 30.4 Å². The lowest BCUT2D eigenvalue weighted by molar-refractivity contribution is -0.117. The molecule has 1 aromatic carbocycles. The number of benzene rings is 1. The van der Waals surface area contributed by atoms with Crippen molar-refractivity contribution in [3.05, 3.63) is 59.2 Å². The second-order valence-corrected chi connectivity index (χ2v) is 7.48. The number of carbonyl (C=O) groups excluding carboxylic acids is 1. The minimum Gasteiger partial charge on any atom is -0.496 e. The molecule has 2 unspecified atom stereocenters. The summed E-state index contributed by atoms with van der Waals surface area (Å²) in [5.74, 6) is 0.692. The lowest BCUT2D eigenvalue weighted by atomic mass is 9.99. The van der Waals surface area contributed by atoms with Crippen LogP contribution in [-0.2, 0) is 4.79 Å². The van der Waals surface area contributed by atoms with Crippen molar-refractivity contribution < 1.29 is 19.0 Å². The molecule has 0 saturated carbocycles. The van der Waals surface area contributed by atoms with Gasteiger partial charge in [-0.1, -0.05) is 6.07 Å². The molecule has 0 aliphatic carbocycles. The van der Waals surface area contributed by atoms with Crippen molar-refractivity contribution in [2.75, 3.05) is 18.6 Å². The highest BCUT2D eigenvalue weighted by Gasteiger charge is 2.33. The largest absolute Gasteiger partial charge is 0.496 e. The molecule has 1 amide bonds. The molecule has 2 aliphatic rings. The third-order valence-corrected chi connectivity index (χ3v) is 5.52. The highest BCUT2D eigenvalue weighted by Crippen LogP contribution is 2.38. The molecule has 2 N–H and O–H groups in total. The Bertz CT molecular complexity index is 976. The van der Waals surface area contributed by atoms with Gasteiger partial charge < -0.3 is 15.2 Å². The van der Waals surface area contributed by atoms with E-state index in [0.717, 1.165) is 16.8 Å². The van der Waals surface area contributed by atoms with Crippen molar-refractivity contribution in [2.24, 2.45) is 0 Å². The van der Waals surface area contributed by atoms with Crippen molar-refractivity contribution in [3.8, 4) is 5.75 Å². The Morgan fingerprint density at radius 1 is 1.38 bits per heavy atom. The Morgan fingerprint density at radius 2 is 2.21 bits per heavy atom. The fraction of sp³-hybridized carbons (Fsp3) is 0.364. The van der Waals surface area contributed by atoms with Crippen LogP contribution in [0.5, 0.6) is 5.75 Å². The van der Waals surface area contributed by atoms with Crippen LogP contribution in [-0.4, -0.2) is 35.8 Å². The first kappa shape index (κ1) is 19.4. The van der Waals surface area contributed by atoms with Crippen LogP contribution in [0.25, 0.3) is 5.57 Å². The maximum Gasteiger partial charge on any atom is 0.228 e. The second kappa shape index (κ2) is 7.83. The lowest BCUT2D eigenvalue weighted by Gasteiger charge is -2.24. The predicted molar refractivity (Wildman–Crippen MR) is 108 cm³/mol. The van der Waals surface area contributed by atoms with Crippen molar-refractivity contribution in [1.29, 1.82) is 0 Å². The molecule has 4 rings (SSSR count). The highest BCUT2D eigenvalue weighted by atomic mass is 19.1. The van der Waals surface area contributed by atoms with Gasteiger partial charge >= 0.3 is 0 Å². The molecule has 2 aliphatic heterocycles. The molecule has 1 saturated heterocycles. The van der Waals surface area contributed by atoms with Gasteiger partial charge in [0, 0.05) is 19.0 Å². The summed E-state index contributed by atoms with van der Waals surface area (Å²) in [6, 6.07) is 8.23. The van der Waals surface area contributed by atoms with Crippen molar-refractivity contribution in [3.63, 3.8) is 0 Å². The number of hydrogen-bond donors (Lipinski definition) is 2. The van der Waals surface area contributed by atoms with Crippen LogP contribution in [0.3, 0.4) is 0 Å². The molecular weight excluding hydrogens is 373 g/mol. The van der Waals surface area contributed by atoms with Gasteiger partial charge in [0.2, 0.25) is 5.91 Å². The summed E-state index contributed by atoms with van der Waals surface area (Å²) in [7, 11) is 1.53. The van der Waals surface area contributed by atoms with E-state index in [1.807, 2.05) is 19.1 Å². The van der Waals surface area contributed by atoms with Crippen molar-refractivity contribution in [1.82, 2.24) is 10.3 Å². The zero-order chi connectivity index (χ0) is 20.5. The predicted octanol–water partition coefficient (Wildman–Crippen LogP) is 3.10. The van der Waals surface area contributed by atoms with Gasteiger partial charge in [0.1, 0.15) is 17.4 Å². The molecule has 2 aromatic rings. The first-order chi connectivity index (χ1) is 14.0. The zero-order valence-electron chi connectivity index (χ0n) is 16.5. The molecule has 1 aromatic heterocycles. The Morgan fingerprint density at radius 3 is 2.97 bits per heavy atom. The molecule has 1 fully saturated rings. The van der Waals surface area contributed by atoms with Gasteiger partial charge in [0.15, 0.2) is 0 Å². The number of ether oxygens (including phenoxy) is 1. The summed E-state index contributed by atoms with van der Waals surface area (Å²) in [5.41, 5.74) is 3.01. The topological polar surface area (TPSA) is 74.7 Å². The van der Waals surface area contributed by atoms with Crippen LogP contribution in [0.1, 0.15) is 42.1 Å². The smallest absolute Gasteiger partial charge is 0.228 e. The van der Waals surface area contributed by atoms with Crippen LogP contribution < -0.4 is 15.0 Å². The quantitative estimate of drug-likeness (QED) is 0.811. The van der Waals surface area contributed by atoms with Crippen LogP contribution in [0.4, 0.5) is 10.2 Å². The molecule has 6 nitrogen and oxygen atoms in total. The first-order valence-electron chi connectivity index (χ1n) is 9.71. The fourth-order valence-electron chi connectivity index (χ4n) is 4.10. The molecular formula is C22H24FN3O3. The first-order valence-corrected chi connectivity index (χ1v) is 9.71. The number of amides is 1. The molecule has 29 heavy (non-hydrogen) atoms. The van der Waals surface area contributed by atoms with Crippen LogP contribution in [0.2, 0.25) is 0 Å². The number of rotatable bonds is 5. The normalized spacial score (nSPS) is 21.3. The monoisotopic (exact) mass is 397 g/mol. The van der Waals surface area contributed by atoms with E-state index in [4.69, 9.17) is 9.72 Å². The Labute approximate surface area is 169 Å². The number of carbonyl (C=O) groups is 1. The summed E-state index contributed by atoms with van der Waals surface area (Å²) in [5, 5.41) is 12.9. The van der Waals surface area contributed by atoms with E-state index in [0.29, 0.717) is 36.4 Å². The molecule has 0 radical (unpaired) electrons. The number of nitrogens with zero attached hydrogens (tertiary/aromatic N) is 2. The highest BCUT2D eigenvalue weighted by molar-refractivity contribution is 5.95. The Balaban J connectivity index is 1.62. The number of methoxy groups -OCH3 is 1. The van der Waals surface area contributed by atoms with Gasteiger partial charge in [-0.3, -0.25) is 9.69 Å². The summed E-state index contributed by atoms with van der Waals surface area (Å²) < 4.78 is 19.8. The average molecular weight is 397 g/mol. The zero-order valence-corrected chi connectivity index (χ0v) is 16.5. The number of hydrogen-bond acceptors (Lipinski definition) is 5. The maximum atomic E-state index is 14.4. The van der Waals surface area contributed by atoms with Gasteiger partial charge in [-0.05, 0) is 48.7 Å². The number of aliphatic hydroxyl groups is 1. The summed E-state index contributed by atoms with van der Waals surface area (Å²) in [6.07, 6.45) is 3.38. The fourth-order valence-corrected chi connectivity index (χ4v) is 4.10. The van der Waals surface area contributed by atoms with Gasteiger partial charge in [0.25, 0.3) is 0 Å². The van der Waals surface area contributed by atoms with Gasteiger partial charge in [-0.15, -0.1) is 0 Å². The summed E-state index contributed by atoms with van der Waals surface area (Å²) >= 11 is 0. The van der Waals surface area contributed by atoms with E-state index in [2.05, 4.69) is 5.32 Å². The molecule has 2 atom stereocenters. The molecule has 3 heterocycles. The number of halogens is 1. The van der Waals surface area contributed by atoms with E-state index in [1.165, 1.54) is 13.2 Å². The van der Waals surface area contributed by atoms with Gasteiger partial charge in [0.05, 0.1) is 37.1 Å². The van der Waals surface area contributed by atoms with E-state index < -0.39 is 0 Å². The number of aliphatic hydroxyl groups excluding tert-OH is 1. The van der Waals surface area contributed by atoms with Gasteiger partial charge in [-0.2, -0.15) is 0 Å². The van der Waals surface area contributed by atoms with E-state index >= 15 is 0 Å². The number of aromatic nitrogens is 1. The number of aryl methyl sites for hydroxylation is 1.